The van der Waals surface area contributed by atoms with Gasteiger partial charge in [0, 0.05) is 6.42 Å². The van der Waals surface area contributed by atoms with Crippen LogP contribution in [0.2, 0.25) is 0 Å². The van der Waals surface area contributed by atoms with Crippen LogP contribution in [-0.2, 0) is 14.3 Å². The van der Waals surface area contributed by atoms with E-state index in [0.29, 0.717) is 0 Å². The molecule has 0 spiro atoms. The predicted octanol–water partition coefficient (Wildman–Crippen LogP) is -1.37. The third-order valence-electron chi connectivity index (χ3n) is 1.44. The molecule has 0 rings (SSSR count). The maximum Gasteiger partial charge on any atom is 0.325 e. The standard InChI is InChI=1S/C8H14N2O4/c1-2-7(12)14-8(13)5(9)3-4-6(10)11/h2,5,7,12H,1,3-4,9H2,(H2,10,11)/t5-,7?/m0/s1. The summed E-state index contributed by atoms with van der Waals surface area (Å²) in [6, 6.07) is -0.961. The molecule has 80 valence electrons. The van der Waals surface area contributed by atoms with Gasteiger partial charge >= 0.3 is 5.97 Å². The number of hydrogen-bond donors (Lipinski definition) is 3. The van der Waals surface area contributed by atoms with Crippen LogP contribution in [0.5, 0.6) is 0 Å². The lowest BCUT2D eigenvalue weighted by atomic mass is 10.1. The van der Waals surface area contributed by atoms with Gasteiger partial charge in [-0.2, -0.15) is 0 Å². The van der Waals surface area contributed by atoms with Crippen molar-refractivity contribution in [2.24, 2.45) is 11.5 Å². The zero-order valence-electron chi connectivity index (χ0n) is 7.68. The number of ether oxygens (including phenoxy) is 1. The van der Waals surface area contributed by atoms with Crippen molar-refractivity contribution in [1.82, 2.24) is 0 Å². The van der Waals surface area contributed by atoms with Crippen molar-refractivity contribution in [2.75, 3.05) is 0 Å². The highest BCUT2D eigenvalue weighted by atomic mass is 16.6. The summed E-state index contributed by atoms with van der Waals surface area (Å²) in [6.45, 7) is 3.21. The minimum Gasteiger partial charge on any atom is -0.431 e. The molecular weight excluding hydrogens is 188 g/mol. The van der Waals surface area contributed by atoms with E-state index in [2.05, 4.69) is 11.3 Å². The molecule has 0 saturated heterocycles. The van der Waals surface area contributed by atoms with Crippen molar-refractivity contribution in [3.8, 4) is 0 Å². The Morgan fingerprint density at radius 3 is 2.57 bits per heavy atom. The first kappa shape index (κ1) is 12.6. The number of primary amides is 1. The number of esters is 1. The summed E-state index contributed by atoms with van der Waals surface area (Å²) in [7, 11) is 0. The first-order chi connectivity index (χ1) is 6.47. The van der Waals surface area contributed by atoms with Gasteiger partial charge in [0.15, 0.2) is 0 Å². The van der Waals surface area contributed by atoms with Gasteiger partial charge in [0.25, 0.3) is 0 Å². The van der Waals surface area contributed by atoms with Gasteiger partial charge in [0.2, 0.25) is 12.2 Å². The number of aliphatic hydroxyl groups excluding tert-OH is 1. The van der Waals surface area contributed by atoms with E-state index in [0.717, 1.165) is 6.08 Å². The van der Waals surface area contributed by atoms with E-state index in [9.17, 15) is 9.59 Å². The molecule has 5 N–H and O–H groups in total. The Morgan fingerprint density at radius 1 is 1.57 bits per heavy atom. The second-order valence-electron chi connectivity index (χ2n) is 2.67. The molecule has 14 heavy (non-hydrogen) atoms. The topological polar surface area (TPSA) is 116 Å². The monoisotopic (exact) mass is 202 g/mol. The summed E-state index contributed by atoms with van der Waals surface area (Å²) >= 11 is 0. The summed E-state index contributed by atoms with van der Waals surface area (Å²) in [6.07, 6.45) is -0.237. The van der Waals surface area contributed by atoms with Crippen LogP contribution in [0, 0.1) is 0 Å². The van der Waals surface area contributed by atoms with E-state index >= 15 is 0 Å². The van der Waals surface area contributed by atoms with Crippen molar-refractivity contribution in [3.63, 3.8) is 0 Å². The van der Waals surface area contributed by atoms with Gasteiger partial charge in [-0.05, 0) is 12.5 Å². The molecule has 0 aliphatic heterocycles. The van der Waals surface area contributed by atoms with Crippen molar-refractivity contribution < 1.29 is 19.4 Å². The summed E-state index contributed by atoms with van der Waals surface area (Å²) in [5, 5.41) is 8.85. The predicted molar refractivity (Wildman–Crippen MR) is 48.7 cm³/mol. The van der Waals surface area contributed by atoms with Crippen molar-refractivity contribution >= 4 is 11.9 Å². The Labute approximate surface area is 81.5 Å². The molecule has 1 unspecified atom stereocenters. The number of rotatable bonds is 6. The summed E-state index contributed by atoms with van der Waals surface area (Å²) in [5.41, 5.74) is 10.2. The molecule has 0 bridgehead atoms. The molecule has 0 heterocycles. The lowest BCUT2D eigenvalue weighted by Gasteiger charge is -2.12. The van der Waals surface area contributed by atoms with Crippen molar-refractivity contribution in [3.05, 3.63) is 12.7 Å². The number of carbonyl (C=O) groups is 2. The molecular formula is C8H14N2O4. The Bertz CT molecular complexity index is 229. The summed E-state index contributed by atoms with van der Waals surface area (Å²) in [4.78, 5) is 21.4. The van der Waals surface area contributed by atoms with Gasteiger partial charge in [-0.25, -0.2) is 0 Å². The Balaban J connectivity index is 3.87. The van der Waals surface area contributed by atoms with Crippen LogP contribution in [0.1, 0.15) is 12.8 Å². The lowest BCUT2D eigenvalue weighted by Crippen LogP contribution is -2.35. The lowest BCUT2D eigenvalue weighted by molar-refractivity contribution is -0.162. The van der Waals surface area contributed by atoms with Crippen LogP contribution < -0.4 is 11.5 Å². The molecule has 2 atom stereocenters. The first-order valence-corrected chi connectivity index (χ1v) is 4.02. The zero-order chi connectivity index (χ0) is 11.1. The SMILES string of the molecule is C=CC(O)OC(=O)[C@@H](N)CCC(N)=O. The fraction of sp³-hybridized carbons (Fsp3) is 0.500. The number of carbonyl (C=O) groups excluding carboxylic acids is 2. The number of amides is 1. The van der Waals surface area contributed by atoms with Gasteiger partial charge < -0.3 is 21.3 Å². The van der Waals surface area contributed by atoms with Crippen LogP contribution >= 0.6 is 0 Å². The van der Waals surface area contributed by atoms with Crippen LogP contribution in [0.3, 0.4) is 0 Å². The Kier molecular flexibility index (Phi) is 5.50. The summed E-state index contributed by atoms with van der Waals surface area (Å²) < 4.78 is 4.42. The highest BCUT2D eigenvalue weighted by molar-refractivity contribution is 5.78. The quantitative estimate of drug-likeness (QED) is 0.279. The second kappa shape index (κ2) is 6.11. The second-order valence-corrected chi connectivity index (χ2v) is 2.67. The average molecular weight is 202 g/mol. The van der Waals surface area contributed by atoms with E-state index in [1.54, 1.807) is 0 Å². The number of aliphatic hydroxyl groups is 1. The van der Waals surface area contributed by atoms with Gasteiger partial charge in [-0.1, -0.05) is 6.58 Å². The summed E-state index contributed by atoms with van der Waals surface area (Å²) in [5.74, 6) is -1.34. The highest BCUT2D eigenvalue weighted by Gasteiger charge is 2.17. The number of nitrogens with two attached hydrogens (primary N) is 2. The van der Waals surface area contributed by atoms with E-state index in [1.807, 2.05) is 0 Å². The van der Waals surface area contributed by atoms with E-state index in [1.165, 1.54) is 0 Å². The fourth-order valence-corrected chi connectivity index (χ4v) is 0.670. The van der Waals surface area contributed by atoms with Gasteiger partial charge in [-0.3, -0.25) is 9.59 Å². The molecule has 0 radical (unpaired) electrons. The van der Waals surface area contributed by atoms with Crippen LogP contribution in [0.4, 0.5) is 0 Å². The van der Waals surface area contributed by atoms with Crippen molar-refractivity contribution in [1.29, 1.82) is 0 Å². The molecule has 6 nitrogen and oxygen atoms in total. The fourth-order valence-electron chi connectivity index (χ4n) is 0.670. The molecule has 0 aromatic carbocycles. The van der Waals surface area contributed by atoms with Gasteiger partial charge in [0.1, 0.15) is 6.04 Å². The number of hydrogen-bond acceptors (Lipinski definition) is 5. The normalized spacial score (nSPS) is 14.1. The van der Waals surface area contributed by atoms with Crippen LogP contribution in [0.25, 0.3) is 0 Å². The molecule has 0 aliphatic rings. The average Bonchev–Trinajstić information content (AvgIpc) is 2.13. The van der Waals surface area contributed by atoms with E-state index in [4.69, 9.17) is 16.6 Å². The Hall–Kier alpha value is -1.40. The van der Waals surface area contributed by atoms with Crippen molar-refractivity contribution in [2.45, 2.75) is 25.2 Å². The van der Waals surface area contributed by atoms with Gasteiger partial charge in [-0.15, -0.1) is 0 Å². The third kappa shape index (κ3) is 5.28. The highest BCUT2D eigenvalue weighted by Crippen LogP contribution is 1.99. The molecule has 6 heteroatoms. The minimum absolute atomic E-state index is 0.000448. The molecule has 0 aromatic heterocycles. The molecule has 0 saturated carbocycles. The largest absolute Gasteiger partial charge is 0.431 e. The van der Waals surface area contributed by atoms with E-state index < -0.39 is 24.2 Å². The minimum atomic E-state index is -1.37. The third-order valence-corrected chi connectivity index (χ3v) is 1.44. The smallest absolute Gasteiger partial charge is 0.325 e. The van der Waals surface area contributed by atoms with Crippen LogP contribution in [0.15, 0.2) is 12.7 Å². The molecule has 0 aliphatic carbocycles. The van der Waals surface area contributed by atoms with E-state index in [-0.39, 0.29) is 12.8 Å². The molecule has 0 aromatic rings. The zero-order valence-corrected chi connectivity index (χ0v) is 7.68. The first-order valence-electron chi connectivity index (χ1n) is 4.02. The van der Waals surface area contributed by atoms with Gasteiger partial charge in [0.05, 0.1) is 0 Å². The molecule has 1 amide bonds. The maximum atomic E-state index is 11.0. The Morgan fingerprint density at radius 2 is 2.14 bits per heavy atom. The van der Waals surface area contributed by atoms with Crippen LogP contribution in [-0.4, -0.2) is 29.3 Å². The molecule has 0 fully saturated rings. The maximum absolute atomic E-state index is 11.0.